The second kappa shape index (κ2) is 10.1. The molecule has 0 spiro atoms. The lowest BCUT2D eigenvalue weighted by Crippen LogP contribution is -2.35. The quantitative estimate of drug-likeness (QED) is 0.499. The van der Waals surface area contributed by atoms with Crippen LogP contribution in [0.1, 0.15) is 48.2 Å². The van der Waals surface area contributed by atoms with E-state index in [1.54, 1.807) is 29.0 Å². The molecule has 1 N–H and O–H groups in total. The van der Waals surface area contributed by atoms with Crippen LogP contribution in [0.15, 0.2) is 24.3 Å². The molecule has 1 aromatic carbocycles. The lowest BCUT2D eigenvalue weighted by molar-refractivity contribution is -0.144. The van der Waals surface area contributed by atoms with Gasteiger partial charge in [0.15, 0.2) is 6.61 Å². The van der Waals surface area contributed by atoms with Gasteiger partial charge in [0.2, 0.25) is 0 Å². The zero-order valence-corrected chi connectivity index (χ0v) is 18.6. The highest BCUT2D eigenvalue weighted by Crippen LogP contribution is 2.26. The largest absolute Gasteiger partial charge is 0.452 e. The molecule has 0 atom stereocenters. The molecular weight excluding hydrogens is 425 g/mol. The van der Waals surface area contributed by atoms with Gasteiger partial charge < -0.3 is 10.1 Å². The number of aromatic nitrogens is 2. The number of esters is 1. The van der Waals surface area contributed by atoms with E-state index >= 15 is 0 Å². The molecule has 1 aliphatic carbocycles. The lowest BCUT2D eigenvalue weighted by Gasteiger charge is -2.11. The van der Waals surface area contributed by atoms with Crippen LogP contribution < -0.4 is 5.32 Å². The maximum absolute atomic E-state index is 12.0. The summed E-state index contributed by atoms with van der Waals surface area (Å²) >= 11 is 12.5. The molecule has 0 bridgehead atoms. The van der Waals surface area contributed by atoms with Gasteiger partial charge >= 0.3 is 5.97 Å². The molecule has 1 amide bonds. The van der Waals surface area contributed by atoms with Gasteiger partial charge in [-0.15, -0.1) is 0 Å². The highest BCUT2D eigenvalue weighted by atomic mass is 35.5. The van der Waals surface area contributed by atoms with Gasteiger partial charge in [0.05, 0.1) is 12.2 Å². The lowest BCUT2D eigenvalue weighted by atomic mass is 10.1. The molecule has 2 aromatic rings. The molecule has 1 fully saturated rings. The summed E-state index contributed by atoms with van der Waals surface area (Å²) in [6, 6.07) is 5.57. The fraction of sp³-hybridized carbons (Fsp3) is 0.409. The number of hydrogen-bond donors (Lipinski definition) is 1. The van der Waals surface area contributed by atoms with Crippen LogP contribution in [-0.2, 0) is 20.9 Å². The smallest absolute Gasteiger partial charge is 0.331 e. The van der Waals surface area contributed by atoms with E-state index < -0.39 is 5.97 Å². The van der Waals surface area contributed by atoms with Crippen molar-refractivity contribution in [2.75, 3.05) is 6.61 Å². The predicted molar refractivity (Wildman–Crippen MR) is 118 cm³/mol. The van der Waals surface area contributed by atoms with Crippen molar-refractivity contribution in [2.45, 2.75) is 52.1 Å². The van der Waals surface area contributed by atoms with Gasteiger partial charge in [-0.05, 0) is 44.9 Å². The van der Waals surface area contributed by atoms with Crippen LogP contribution >= 0.6 is 23.2 Å². The molecule has 160 valence electrons. The molecule has 30 heavy (non-hydrogen) atoms. The number of carbonyl (C=O) groups is 2. The Morgan fingerprint density at radius 3 is 2.57 bits per heavy atom. The first-order valence-corrected chi connectivity index (χ1v) is 10.7. The van der Waals surface area contributed by atoms with Crippen LogP contribution in [0.25, 0.3) is 6.08 Å². The molecule has 0 unspecified atom stereocenters. The van der Waals surface area contributed by atoms with Crippen LogP contribution in [-0.4, -0.2) is 34.3 Å². The average molecular weight is 450 g/mol. The van der Waals surface area contributed by atoms with Gasteiger partial charge in [0, 0.05) is 39.0 Å². The van der Waals surface area contributed by atoms with Gasteiger partial charge in [-0.3, -0.25) is 9.48 Å². The maximum Gasteiger partial charge on any atom is 0.331 e. The van der Waals surface area contributed by atoms with E-state index in [-0.39, 0.29) is 18.6 Å². The summed E-state index contributed by atoms with van der Waals surface area (Å²) in [4.78, 5) is 23.9. The summed E-state index contributed by atoms with van der Waals surface area (Å²) in [5.74, 6) is -0.835. The Hall–Kier alpha value is -2.31. The van der Waals surface area contributed by atoms with E-state index in [0.717, 1.165) is 48.2 Å². The average Bonchev–Trinajstić information content (AvgIpc) is 3.30. The van der Waals surface area contributed by atoms with E-state index in [1.165, 1.54) is 6.08 Å². The van der Waals surface area contributed by atoms with Gasteiger partial charge in [-0.25, -0.2) is 4.79 Å². The standard InChI is InChI=1S/C22H25Cl2N3O3/c1-14-17(10-11-22(29)30-13-21(28)25-16-6-3-4-7-16)15(2)27(26-14)12-18-19(23)8-5-9-20(18)24/h5,8-11,16H,3-4,6-7,12-13H2,1-2H3,(H,25,28)/b11-10+. The highest BCUT2D eigenvalue weighted by Gasteiger charge is 2.18. The minimum Gasteiger partial charge on any atom is -0.452 e. The Morgan fingerprint density at radius 2 is 1.90 bits per heavy atom. The molecule has 0 radical (unpaired) electrons. The molecule has 0 aliphatic heterocycles. The molecule has 1 heterocycles. The molecular formula is C22H25Cl2N3O3. The second-order valence-corrected chi connectivity index (χ2v) is 8.25. The van der Waals surface area contributed by atoms with Crippen LogP contribution in [0, 0.1) is 13.8 Å². The van der Waals surface area contributed by atoms with Crippen molar-refractivity contribution >= 4 is 41.2 Å². The van der Waals surface area contributed by atoms with Crippen LogP contribution in [0.2, 0.25) is 10.0 Å². The summed E-state index contributed by atoms with van der Waals surface area (Å²) in [7, 11) is 0. The minimum atomic E-state index is -0.572. The Kier molecular flexibility index (Phi) is 7.56. The third kappa shape index (κ3) is 5.64. The number of carbonyl (C=O) groups excluding carboxylic acids is 2. The Balaban J connectivity index is 1.60. The Morgan fingerprint density at radius 1 is 1.23 bits per heavy atom. The first-order chi connectivity index (χ1) is 14.3. The molecule has 1 aromatic heterocycles. The third-order valence-corrected chi connectivity index (χ3v) is 5.97. The van der Waals surface area contributed by atoms with Crippen LogP contribution in [0.5, 0.6) is 0 Å². The first-order valence-electron chi connectivity index (χ1n) is 9.96. The predicted octanol–water partition coefficient (Wildman–Crippen LogP) is 4.47. The number of aryl methyl sites for hydroxylation is 1. The van der Waals surface area contributed by atoms with Gasteiger partial charge in [-0.2, -0.15) is 5.10 Å². The third-order valence-electron chi connectivity index (χ3n) is 5.26. The van der Waals surface area contributed by atoms with Crippen LogP contribution in [0.3, 0.4) is 0 Å². The van der Waals surface area contributed by atoms with Gasteiger partial charge in [-0.1, -0.05) is 42.1 Å². The van der Waals surface area contributed by atoms with Crippen molar-refractivity contribution in [2.24, 2.45) is 0 Å². The monoisotopic (exact) mass is 449 g/mol. The van der Waals surface area contributed by atoms with Gasteiger partial charge in [0.1, 0.15) is 0 Å². The van der Waals surface area contributed by atoms with Crippen molar-refractivity contribution in [3.05, 3.63) is 56.8 Å². The Labute approximate surface area is 186 Å². The summed E-state index contributed by atoms with van der Waals surface area (Å²) in [6.45, 7) is 3.91. The van der Waals surface area contributed by atoms with Crippen LogP contribution in [0.4, 0.5) is 0 Å². The minimum absolute atomic E-state index is 0.203. The fourth-order valence-electron chi connectivity index (χ4n) is 3.61. The van der Waals surface area contributed by atoms with Crippen molar-refractivity contribution in [3.8, 4) is 0 Å². The van der Waals surface area contributed by atoms with E-state index in [2.05, 4.69) is 10.4 Å². The van der Waals surface area contributed by atoms with Crippen molar-refractivity contribution < 1.29 is 14.3 Å². The first kappa shape index (κ1) is 22.4. The number of hydrogen-bond acceptors (Lipinski definition) is 4. The number of amides is 1. The van der Waals surface area contributed by atoms with E-state index in [0.29, 0.717) is 16.6 Å². The van der Waals surface area contributed by atoms with E-state index in [9.17, 15) is 9.59 Å². The normalized spacial score (nSPS) is 14.4. The number of benzene rings is 1. The van der Waals surface area contributed by atoms with E-state index in [1.807, 2.05) is 13.8 Å². The SMILES string of the molecule is Cc1nn(Cc2c(Cl)cccc2Cl)c(C)c1/C=C/C(=O)OCC(=O)NC1CCCC1. The number of halogens is 2. The molecule has 1 saturated carbocycles. The fourth-order valence-corrected chi connectivity index (χ4v) is 4.13. The zero-order valence-electron chi connectivity index (χ0n) is 17.1. The molecule has 3 rings (SSSR count). The summed E-state index contributed by atoms with van der Waals surface area (Å²) in [5.41, 5.74) is 3.23. The molecule has 6 nitrogen and oxygen atoms in total. The zero-order chi connectivity index (χ0) is 21.7. The van der Waals surface area contributed by atoms with E-state index in [4.69, 9.17) is 27.9 Å². The summed E-state index contributed by atoms with van der Waals surface area (Å²) in [5, 5.41) is 8.57. The summed E-state index contributed by atoms with van der Waals surface area (Å²) < 4.78 is 6.84. The topological polar surface area (TPSA) is 73.2 Å². The maximum atomic E-state index is 12.0. The van der Waals surface area contributed by atoms with Gasteiger partial charge in [0.25, 0.3) is 5.91 Å². The molecule has 8 heteroatoms. The molecule has 1 aliphatic rings. The molecule has 0 saturated heterocycles. The van der Waals surface area contributed by atoms with Crippen molar-refractivity contribution in [1.82, 2.24) is 15.1 Å². The van der Waals surface area contributed by atoms with Crippen molar-refractivity contribution in [3.63, 3.8) is 0 Å². The highest BCUT2D eigenvalue weighted by molar-refractivity contribution is 6.35. The Bertz CT molecular complexity index is 943. The van der Waals surface area contributed by atoms with Crippen molar-refractivity contribution in [1.29, 1.82) is 0 Å². The number of nitrogens with zero attached hydrogens (tertiary/aromatic N) is 2. The number of rotatable bonds is 7. The number of nitrogens with one attached hydrogen (secondary N) is 1. The summed E-state index contributed by atoms with van der Waals surface area (Å²) in [6.07, 6.45) is 7.19. The second-order valence-electron chi connectivity index (χ2n) is 7.43. The number of ether oxygens (including phenoxy) is 1.